The molecular formula is C61H69F2N9O10S. The minimum Gasteiger partial charge on any atom is -0.493 e. The molecule has 4 aromatic carbocycles. The molecular weight excluding hydrogens is 1090 g/mol. The Balaban J connectivity index is 0.768. The van der Waals surface area contributed by atoms with E-state index in [9.17, 15) is 32.1 Å². The quantitative estimate of drug-likeness (QED) is 0.0685. The molecule has 4 saturated heterocycles. The second-order valence-corrected chi connectivity index (χ2v) is 25.3. The lowest BCUT2D eigenvalue weighted by molar-refractivity contribution is -0.384. The standard InChI is InChI=1S/C61H69F2N9O10S/c1-37(2)81-55-6-4-3-5-43(55)54-35-69(49-15-26-80-56-31-47(63)46(62)30-45(49)56)21-22-70(54)41-32-61(33-41)16-19-68(20-17-61)40-7-9-44(51(28-40)71-50-14-25-79-36-57(50)82-60-53(71)27-39-11-18-64-58(39)66-60)59(73)67-83(76,77)42-8-10-48(52(29-42)72(74)75)65-34-38-12-23-78-24-13-38/h3-11,18,27-31,37-38,41,49-50,54,57,65H,12-17,19-26,32-36H2,1-2H3,(H,64,66)(H,67,73)/t49-,50+,54-,57+/m1/s1. The number of fused-ring (bicyclic) bond motifs is 4. The minimum absolute atomic E-state index is 0.0142. The lowest BCUT2D eigenvalue weighted by Gasteiger charge is -2.59. The smallest absolute Gasteiger partial charge is 0.293 e. The van der Waals surface area contributed by atoms with E-state index in [4.69, 9.17) is 28.7 Å². The summed E-state index contributed by atoms with van der Waals surface area (Å²) in [5.41, 5.74) is 4.32. The van der Waals surface area contributed by atoms with Crippen molar-refractivity contribution in [2.75, 3.05) is 87.4 Å². The number of rotatable bonds is 14. The van der Waals surface area contributed by atoms with Gasteiger partial charge in [0, 0.05) is 118 Å². The summed E-state index contributed by atoms with van der Waals surface area (Å²) in [6, 6.07) is 23.6. The van der Waals surface area contributed by atoms with Crippen LogP contribution in [0.1, 0.15) is 98.8 Å². The number of nitrogens with one attached hydrogen (secondary N) is 3. The Bertz CT molecular complexity index is 3550. The molecule has 1 aliphatic carbocycles. The van der Waals surface area contributed by atoms with Gasteiger partial charge in [0.2, 0.25) is 5.88 Å². The number of H-pyrrole nitrogens is 1. The number of nitro groups is 1. The second-order valence-electron chi connectivity index (χ2n) is 23.7. The summed E-state index contributed by atoms with van der Waals surface area (Å²) in [5.74, 6) is -0.853. The molecule has 19 nitrogen and oxygen atoms in total. The van der Waals surface area contributed by atoms with Crippen LogP contribution >= 0.6 is 0 Å². The van der Waals surface area contributed by atoms with E-state index < -0.39 is 49.2 Å². The maximum absolute atomic E-state index is 14.8. The fraction of sp³-hybridized carbons (Fsp3) is 0.475. The lowest BCUT2D eigenvalue weighted by atomic mass is 9.59. The molecule has 0 bridgehead atoms. The van der Waals surface area contributed by atoms with Gasteiger partial charge in [-0.25, -0.2) is 21.9 Å². The first-order valence-corrected chi connectivity index (χ1v) is 30.6. The maximum atomic E-state index is 14.8. The molecule has 1 spiro atoms. The molecule has 438 valence electrons. The summed E-state index contributed by atoms with van der Waals surface area (Å²) < 4.78 is 90.3. The van der Waals surface area contributed by atoms with Gasteiger partial charge in [0.05, 0.1) is 52.5 Å². The number of carbonyl (C=O) groups excluding carboxylic acids is 1. The SMILES string of the molecule is CC(C)Oc1ccccc1[C@H]1CN([C@@H]2CCOc3cc(F)c(F)cc32)CCN1C1CC2(CCN(c3ccc(C(=O)NS(=O)(=O)c4ccc(NCC5CCOCC5)c([N+](=O)[O-])c4)c(N4c5cc6cc[nH]c6nc5O[C@H]5COCC[C@@H]54)c3)CC2)C1. The number of hydrogen-bond acceptors (Lipinski definition) is 16. The van der Waals surface area contributed by atoms with Crippen LogP contribution in [0.15, 0.2) is 96.0 Å². The Hall–Kier alpha value is -7.11. The highest BCUT2D eigenvalue weighted by Gasteiger charge is 2.51. The van der Waals surface area contributed by atoms with E-state index in [-0.39, 0.29) is 53.4 Å². The van der Waals surface area contributed by atoms with Crippen molar-refractivity contribution in [3.63, 3.8) is 0 Å². The van der Waals surface area contributed by atoms with Crippen LogP contribution in [-0.2, 0) is 19.5 Å². The number of nitrogens with zero attached hydrogens (tertiary/aromatic N) is 6. The van der Waals surface area contributed by atoms with Crippen LogP contribution in [-0.4, -0.2) is 136 Å². The third kappa shape index (κ3) is 10.8. The molecule has 8 heterocycles. The molecule has 5 fully saturated rings. The zero-order valence-electron chi connectivity index (χ0n) is 46.6. The number of nitro benzene ring substituents is 1. The number of anilines is 4. The number of halogens is 2. The number of sulfonamides is 1. The Kier molecular flexibility index (Phi) is 14.9. The van der Waals surface area contributed by atoms with E-state index >= 15 is 0 Å². The number of benzene rings is 4. The van der Waals surface area contributed by atoms with Gasteiger partial charge in [-0.2, -0.15) is 4.98 Å². The van der Waals surface area contributed by atoms with Crippen LogP contribution in [0, 0.1) is 33.1 Å². The highest BCUT2D eigenvalue weighted by molar-refractivity contribution is 7.90. The Labute approximate surface area is 480 Å². The predicted molar refractivity (Wildman–Crippen MR) is 307 cm³/mol. The van der Waals surface area contributed by atoms with E-state index in [2.05, 4.69) is 46.8 Å². The van der Waals surface area contributed by atoms with Crippen molar-refractivity contribution < 1.29 is 50.6 Å². The van der Waals surface area contributed by atoms with Crippen LogP contribution in [0.2, 0.25) is 0 Å². The molecule has 2 aromatic heterocycles. The van der Waals surface area contributed by atoms with Crippen LogP contribution in [0.4, 0.5) is 37.2 Å². The normalized spacial score (nSPS) is 23.1. The van der Waals surface area contributed by atoms with Crippen LogP contribution in [0.3, 0.4) is 0 Å². The lowest BCUT2D eigenvalue weighted by Crippen LogP contribution is -2.60. The largest absolute Gasteiger partial charge is 0.493 e. The molecule has 0 unspecified atom stereocenters. The van der Waals surface area contributed by atoms with Gasteiger partial charge >= 0.3 is 0 Å². The van der Waals surface area contributed by atoms with Gasteiger partial charge in [0.15, 0.2) is 11.6 Å². The maximum Gasteiger partial charge on any atom is 0.293 e. The first-order chi connectivity index (χ1) is 40.2. The van der Waals surface area contributed by atoms with Gasteiger partial charge in [-0.15, -0.1) is 0 Å². The highest BCUT2D eigenvalue weighted by atomic mass is 32.2. The number of pyridine rings is 1. The van der Waals surface area contributed by atoms with Crippen molar-refractivity contribution in [2.24, 2.45) is 11.3 Å². The average Bonchev–Trinajstić information content (AvgIpc) is 3.73. The monoisotopic (exact) mass is 1160 g/mol. The predicted octanol–water partition coefficient (Wildman–Crippen LogP) is 9.81. The van der Waals surface area contributed by atoms with Crippen molar-refractivity contribution in [2.45, 2.75) is 106 Å². The molecule has 7 aliphatic rings. The molecule has 1 amide bonds. The number of piperidine rings is 1. The van der Waals surface area contributed by atoms with E-state index in [0.29, 0.717) is 92.6 Å². The third-order valence-corrected chi connectivity index (χ3v) is 19.6. The minimum atomic E-state index is -4.65. The zero-order valence-corrected chi connectivity index (χ0v) is 47.4. The second kappa shape index (κ2) is 22.5. The van der Waals surface area contributed by atoms with Gasteiger partial charge in [-0.3, -0.25) is 24.7 Å². The van der Waals surface area contributed by atoms with Crippen molar-refractivity contribution in [3.05, 3.63) is 130 Å². The molecule has 6 aromatic rings. The fourth-order valence-electron chi connectivity index (χ4n) is 14.0. The van der Waals surface area contributed by atoms with Crippen molar-refractivity contribution in [1.82, 2.24) is 24.5 Å². The molecule has 1 saturated carbocycles. The van der Waals surface area contributed by atoms with E-state index in [1.54, 1.807) is 12.3 Å². The average molecular weight is 1160 g/mol. The van der Waals surface area contributed by atoms with Crippen LogP contribution < -0.4 is 34.0 Å². The van der Waals surface area contributed by atoms with E-state index in [1.165, 1.54) is 24.3 Å². The number of carbonyl (C=O) groups is 1. The van der Waals surface area contributed by atoms with E-state index in [1.807, 2.05) is 50.2 Å². The first-order valence-electron chi connectivity index (χ1n) is 29.1. The topological polar surface area (TPSA) is 206 Å². The molecule has 6 aliphatic heterocycles. The molecule has 3 N–H and O–H groups in total. The first kappa shape index (κ1) is 55.1. The molecule has 22 heteroatoms. The molecule has 4 atom stereocenters. The summed E-state index contributed by atoms with van der Waals surface area (Å²) >= 11 is 0. The van der Waals surface area contributed by atoms with Crippen molar-refractivity contribution in [3.8, 4) is 17.4 Å². The summed E-state index contributed by atoms with van der Waals surface area (Å²) in [6.07, 6.45) is 8.03. The van der Waals surface area contributed by atoms with Crippen LogP contribution in [0.5, 0.6) is 17.4 Å². The molecule has 83 heavy (non-hydrogen) atoms. The number of para-hydroxylation sites is 1. The number of ether oxygens (including phenoxy) is 5. The van der Waals surface area contributed by atoms with Gasteiger partial charge in [-0.1, -0.05) is 18.2 Å². The van der Waals surface area contributed by atoms with Crippen LogP contribution in [0.25, 0.3) is 11.0 Å². The number of aromatic nitrogens is 2. The summed E-state index contributed by atoms with van der Waals surface area (Å²) in [5, 5.41) is 16.4. The van der Waals surface area contributed by atoms with Gasteiger partial charge in [-0.05, 0) is 125 Å². The Morgan fingerprint density at radius 1 is 0.880 bits per heavy atom. The number of piperazine rings is 1. The summed E-state index contributed by atoms with van der Waals surface area (Å²) in [6.45, 7) is 10.6. The van der Waals surface area contributed by atoms with E-state index in [0.717, 1.165) is 93.2 Å². The molecule has 13 rings (SSSR count). The summed E-state index contributed by atoms with van der Waals surface area (Å²) in [7, 11) is -4.65. The third-order valence-electron chi connectivity index (χ3n) is 18.3. The van der Waals surface area contributed by atoms with Gasteiger partial charge in [0.25, 0.3) is 21.6 Å². The van der Waals surface area contributed by atoms with Gasteiger partial charge < -0.3 is 43.8 Å². The summed E-state index contributed by atoms with van der Waals surface area (Å²) in [4.78, 5) is 43.7. The number of amides is 1. The fourth-order valence-corrected chi connectivity index (χ4v) is 15.0. The zero-order chi connectivity index (χ0) is 57.1. The number of hydrogen-bond donors (Lipinski definition) is 3. The van der Waals surface area contributed by atoms with Gasteiger partial charge in [0.1, 0.15) is 34.6 Å². The van der Waals surface area contributed by atoms with Crippen molar-refractivity contribution >= 4 is 55.4 Å². The Morgan fingerprint density at radius 2 is 1.67 bits per heavy atom. The molecule has 0 radical (unpaired) electrons. The van der Waals surface area contributed by atoms with Crippen molar-refractivity contribution in [1.29, 1.82) is 0 Å². The number of aromatic amines is 1. The Morgan fingerprint density at radius 3 is 2.48 bits per heavy atom. The highest BCUT2D eigenvalue weighted by Crippen LogP contribution is 2.55.